The highest BCUT2D eigenvalue weighted by Crippen LogP contribution is 2.28. The molecule has 1 aliphatic carbocycles. The van der Waals surface area contributed by atoms with Crippen LogP contribution in [0.4, 0.5) is 0 Å². The minimum atomic E-state index is -0.591. The third kappa shape index (κ3) is 4.36. The van der Waals surface area contributed by atoms with Crippen LogP contribution in [0.3, 0.4) is 0 Å². The number of furan rings is 1. The van der Waals surface area contributed by atoms with Gasteiger partial charge in [0.05, 0.1) is 12.8 Å². The van der Waals surface area contributed by atoms with E-state index in [4.69, 9.17) is 4.42 Å². The van der Waals surface area contributed by atoms with Gasteiger partial charge in [-0.1, -0.05) is 12.8 Å². The van der Waals surface area contributed by atoms with Gasteiger partial charge in [0.1, 0.15) is 11.9 Å². The zero-order valence-electron chi connectivity index (χ0n) is 14.0. The van der Waals surface area contributed by atoms with Crippen molar-refractivity contribution in [1.29, 1.82) is 0 Å². The minimum Gasteiger partial charge on any atom is -0.467 e. The molecule has 5 nitrogen and oxygen atoms in total. The monoisotopic (exact) mass is 320 g/mol. The molecule has 1 saturated heterocycles. The molecule has 0 bridgehead atoms. The average molecular weight is 320 g/mol. The number of nitrogens with zero attached hydrogens (tertiary/aromatic N) is 2. The summed E-state index contributed by atoms with van der Waals surface area (Å²) in [6.07, 6.45) is 8.46. The molecule has 1 aliphatic heterocycles. The lowest BCUT2D eigenvalue weighted by Gasteiger charge is -2.32. The highest BCUT2D eigenvalue weighted by molar-refractivity contribution is 5.78. The SMILES string of the molecule is CN(C(=O)CN1CCCCCC1CC(O)c1ccco1)C1CC1. The van der Waals surface area contributed by atoms with E-state index in [-0.39, 0.29) is 11.9 Å². The topological polar surface area (TPSA) is 56.9 Å². The third-order valence-corrected chi connectivity index (χ3v) is 5.19. The van der Waals surface area contributed by atoms with Crippen LogP contribution in [0.1, 0.15) is 56.8 Å². The molecule has 5 heteroatoms. The molecule has 2 fully saturated rings. The van der Waals surface area contributed by atoms with Gasteiger partial charge in [0.15, 0.2) is 0 Å². The van der Waals surface area contributed by atoms with Crippen molar-refractivity contribution in [3.8, 4) is 0 Å². The van der Waals surface area contributed by atoms with E-state index in [1.54, 1.807) is 12.3 Å². The van der Waals surface area contributed by atoms with E-state index >= 15 is 0 Å². The standard InChI is InChI=1S/C18H28N2O3/c1-19(14-8-9-14)18(22)13-20-10-4-2-3-6-15(20)12-16(21)17-7-5-11-23-17/h5,7,11,14-16,21H,2-4,6,8-10,12-13H2,1H3. The van der Waals surface area contributed by atoms with Crippen LogP contribution in [0, 0.1) is 0 Å². The van der Waals surface area contributed by atoms with Crippen LogP contribution in [0.5, 0.6) is 0 Å². The van der Waals surface area contributed by atoms with E-state index in [1.165, 1.54) is 12.8 Å². The number of aliphatic hydroxyl groups excluding tert-OH is 1. The Labute approximate surface area is 138 Å². The molecular weight excluding hydrogens is 292 g/mol. The second kappa shape index (κ2) is 7.49. The van der Waals surface area contributed by atoms with Gasteiger partial charge in [0.2, 0.25) is 5.91 Å². The fourth-order valence-electron chi connectivity index (χ4n) is 3.52. The normalized spacial score (nSPS) is 24.2. The van der Waals surface area contributed by atoms with Crippen LogP contribution >= 0.6 is 0 Å². The summed E-state index contributed by atoms with van der Waals surface area (Å²) in [5.74, 6) is 0.836. The summed E-state index contributed by atoms with van der Waals surface area (Å²) in [7, 11) is 1.92. The number of hydrogen-bond donors (Lipinski definition) is 1. The van der Waals surface area contributed by atoms with Crippen molar-refractivity contribution < 1.29 is 14.3 Å². The highest BCUT2D eigenvalue weighted by Gasteiger charge is 2.32. The average Bonchev–Trinajstić information content (AvgIpc) is 3.29. The number of amides is 1. The molecule has 2 aliphatic rings. The van der Waals surface area contributed by atoms with Gasteiger partial charge in [0, 0.05) is 19.1 Å². The molecule has 1 amide bonds. The van der Waals surface area contributed by atoms with E-state index in [2.05, 4.69) is 4.90 Å². The Hall–Kier alpha value is -1.33. The first-order valence-corrected chi connectivity index (χ1v) is 8.86. The predicted octanol–water partition coefficient (Wildman–Crippen LogP) is 2.57. The smallest absolute Gasteiger partial charge is 0.236 e. The van der Waals surface area contributed by atoms with Gasteiger partial charge in [-0.2, -0.15) is 0 Å². The van der Waals surface area contributed by atoms with Gasteiger partial charge < -0.3 is 14.4 Å². The molecule has 0 spiro atoms. The van der Waals surface area contributed by atoms with Crippen molar-refractivity contribution in [2.75, 3.05) is 20.1 Å². The van der Waals surface area contributed by atoms with Crippen LogP contribution in [0.25, 0.3) is 0 Å². The summed E-state index contributed by atoms with van der Waals surface area (Å²) in [5.41, 5.74) is 0. The maximum atomic E-state index is 12.5. The number of rotatable bonds is 6. The lowest BCUT2D eigenvalue weighted by molar-refractivity contribution is -0.132. The fraction of sp³-hybridized carbons (Fsp3) is 0.722. The molecule has 23 heavy (non-hydrogen) atoms. The van der Waals surface area contributed by atoms with E-state index in [0.29, 0.717) is 24.8 Å². The second-order valence-corrected chi connectivity index (χ2v) is 6.98. The highest BCUT2D eigenvalue weighted by atomic mass is 16.4. The number of carbonyl (C=O) groups is 1. The number of carbonyl (C=O) groups excluding carboxylic acids is 1. The summed E-state index contributed by atoms with van der Waals surface area (Å²) in [4.78, 5) is 16.7. The van der Waals surface area contributed by atoms with E-state index in [9.17, 15) is 9.90 Å². The number of hydrogen-bond acceptors (Lipinski definition) is 4. The number of likely N-dealkylation sites (tertiary alicyclic amines) is 1. The van der Waals surface area contributed by atoms with Gasteiger partial charge in [-0.25, -0.2) is 0 Å². The first-order chi connectivity index (χ1) is 11.1. The van der Waals surface area contributed by atoms with Gasteiger partial charge >= 0.3 is 0 Å². The second-order valence-electron chi connectivity index (χ2n) is 6.98. The number of aliphatic hydroxyl groups is 1. The lowest BCUT2D eigenvalue weighted by atomic mass is 10.0. The summed E-state index contributed by atoms with van der Waals surface area (Å²) >= 11 is 0. The minimum absolute atomic E-state index is 0.215. The summed E-state index contributed by atoms with van der Waals surface area (Å²) < 4.78 is 5.32. The predicted molar refractivity (Wildman–Crippen MR) is 87.9 cm³/mol. The first-order valence-electron chi connectivity index (χ1n) is 8.86. The van der Waals surface area contributed by atoms with Crippen molar-refractivity contribution in [3.05, 3.63) is 24.2 Å². The molecule has 1 saturated carbocycles. The van der Waals surface area contributed by atoms with Crippen molar-refractivity contribution in [3.63, 3.8) is 0 Å². The van der Waals surface area contributed by atoms with Gasteiger partial charge in [-0.05, 0) is 50.8 Å². The van der Waals surface area contributed by atoms with Crippen molar-refractivity contribution in [2.24, 2.45) is 0 Å². The Morgan fingerprint density at radius 2 is 2.22 bits per heavy atom. The molecule has 0 radical (unpaired) electrons. The molecule has 2 atom stereocenters. The maximum Gasteiger partial charge on any atom is 0.236 e. The van der Waals surface area contributed by atoms with E-state index in [0.717, 1.165) is 32.2 Å². The van der Waals surface area contributed by atoms with Gasteiger partial charge in [-0.3, -0.25) is 9.69 Å². The van der Waals surface area contributed by atoms with Crippen LogP contribution in [0.15, 0.2) is 22.8 Å². The quantitative estimate of drug-likeness (QED) is 0.875. The van der Waals surface area contributed by atoms with Gasteiger partial charge in [-0.15, -0.1) is 0 Å². The Bertz CT molecular complexity index is 498. The Kier molecular flexibility index (Phi) is 5.38. The third-order valence-electron chi connectivity index (χ3n) is 5.19. The summed E-state index contributed by atoms with van der Waals surface area (Å²) in [6, 6.07) is 4.32. The molecular formula is C18H28N2O3. The first kappa shape index (κ1) is 16.5. The zero-order chi connectivity index (χ0) is 16.2. The Morgan fingerprint density at radius 1 is 1.39 bits per heavy atom. The Morgan fingerprint density at radius 3 is 2.91 bits per heavy atom. The van der Waals surface area contributed by atoms with Crippen LogP contribution < -0.4 is 0 Å². The number of likely N-dealkylation sites (N-methyl/N-ethyl adjacent to an activating group) is 1. The molecule has 1 aromatic heterocycles. The summed E-state index contributed by atoms with van der Waals surface area (Å²) in [5, 5.41) is 10.4. The van der Waals surface area contributed by atoms with E-state index < -0.39 is 6.10 Å². The maximum absolute atomic E-state index is 12.5. The fourth-order valence-corrected chi connectivity index (χ4v) is 3.52. The molecule has 1 aromatic rings. The van der Waals surface area contributed by atoms with Crippen molar-refractivity contribution in [2.45, 2.75) is 63.1 Å². The molecule has 2 heterocycles. The van der Waals surface area contributed by atoms with Crippen LogP contribution in [-0.4, -0.2) is 53.0 Å². The van der Waals surface area contributed by atoms with Crippen LogP contribution in [-0.2, 0) is 4.79 Å². The van der Waals surface area contributed by atoms with Crippen molar-refractivity contribution in [1.82, 2.24) is 9.80 Å². The van der Waals surface area contributed by atoms with E-state index in [1.807, 2.05) is 18.0 Å². The molecule has 3 rings (SSSR count). The molecule has 1 N–H and O–H groups in total. The molecule has 0 aromatic carbocycles. The molecule has 2 unspecified atom stereocenters. The zero-order valence-corrected chi connectivity index (χ0v) is 14.0. The summed E-state index contributed by atoms with van der Waals surface area (Å²) in [6.45, 7) is 1.42. The molecule has 128 valence electrons. The lowest BCUT2D eigenvalue weighted by Crippen LogP contribution is -2.44. The largest absolute Gasteiger partial charge is 0.467 e. The Balaban J connectivity index is 1.61. The van der Waals surface area contributed by atoms with Crippen LogP contribution in [0.2, 0.25) is 0 Å². The van der Waals surface area contributed by atoms with Gasteiger partial charge in [0.25, 0.3) is 0 Å². The van der Waals surface area contributed by atoms with Crippen molar-refractivity contribution >= 4 is 5.91 Å².